The van der Waals surface area contributed by atoms with Gasteiger partial charge in [0.15, 0.2) is 6.20 Å². The van der Waals surface area contributed by atoms with Crippen molar-refractivity contribution in [1.82, 2.24) is 0 Å². The third kappa shape index (κ3) is 6.03. The number of allylic oxidation sites excluding steroid dienone is 2. The Morgan fingerprint density at radius 2 is 1.53 bits per heavy atom. The molecule has 0 unspecified atom stereocenters. The van der Waals surface area contributed by atoms with Crippen molar-refractivity contribution in [3.8, 4) is 0 Å². The Morgan fingerprint density at radius 1 is 0.912 bits per heavy atom. The fraction of sp³-hybridized carbons (Fsp3) is 0.296. The third-order valence-electron chi connectivity index (χ3n) is 6.33. The smallest absolute Gasteiger partial charge is 0.213 e. The number of anilines is 1. The molecule has 5 rings (SSSR count). The highest BCUT2D eigenvalue weighted by molar-refractivity contribution is 5.85. The molecule has 7 heteroatoms. The quantitative estimate of drug-likeness (QED) is 0.406. The average molecular weight is 481 g/mol. The van der Waals surface area contributed by atoms with E-state index in [2.05, 4.69) is 89.4 Å². The number of hydrogen-bond acceptors (Lipinski definition) is 5. The van der Waals surface area contributed by atoms with Gasteiger partial charge in [0.1, 0.15) is 6.54 Å². The number of benzene rings is 2. The third-order valence-corrected chi connectivity index (χ3v) is 6.33. The van der Waals surface area contributed by atoms with Crippen molar-refractivity contribution in [2.45, 2.75) is 39.2 Å². The summed E-state index contributed by atoms with van der Waals surface area (Å²) in [5.41, 5.74) is 8.56. The predicted octanol–water partition coefficient (Wildman–Crippen LogP) is 0.817. The monoisotopic (exact) mass is 480 g/mol. The number of pyridine rings is 1. The molecule has 0 atom stereocenters. The van der Waals surface area contributed by atoms with E-state index in [9.17, 15) is 0 Å². The number of rotatable bonds is 4. The van der Waals surface area contributed by atoms with E-state index in [4.69, 9.17) is 18.6 Å². The van der Waals surface area contributed by atoms with Gasteiger partial charge in [-0.15, -0.1) is 10.2 Å². The molecule has 0 saturated heterocycles. The van der Waals surface area contributed by atoms with Crippen LogP contribution in [0.25, 0.3) is 23.1 Å². The first-order valence-corrected chi connectivity index (χ1v) is 12.9. The van der Waals surface area contributed by atoms with Crippen molar-refractivity contribution in [3.63, 3.8) is 0 Å². The Hall–Kier alpha value is -2.74. The van der Waals surface area contributed by atoms with Gasteiger partial charge in [0.25, 0.3) is 0 Å². The first-order valence-electron chi connectivity index (χ1n) is 11.6. The Kier molecular flexibility index (Phi) is 7.66. The van der Waals surface area contributed by atoms with Gasteiger partial charge in [0, 0.05) is 30.9 Å². The first kappa shape index (κ1) is 24.4. The van der Waals surface area contributed by atoms with Gasteiger partial charge in [-0.2, -0.15) is 4.57 Å². The fourth-order valence-corrected chi connectivity index (χ4v) is 4.98. The molecule has 0 fully saturated rings. The van der Waals surface area contributed by atoms with Gasteiger partial charge < -0.3 is 4.90 Å². The summed E-state index contributed by atoms with van der Waals surface area (Å²) in [4.78, 5) is 2.61. The Balaban J connectivity index is 0.000000499. The van der Waals surface area contributed by atoms with Gasteiger partial charge in [0.05, 0.1) is 5.39 Å². The number of aryl methyl sites for hydroxylation is 3. The van der Waals surface area contributed by atoms with Gasteiger partial charge in [-0.3, -0.25) is 0 Å². The summed E-state index contributed by atoms with van der Waals surface area (Å²) >= 11 is 0. The van der Waals surface area contributed by atoms with E-state index in [1.54, 1.807) is 16.8 Å². The van der Waals surface area contributed by atoms with Crippen molar-refractivity contribution < 1.29 is 33.4 Å². The molecule has 0 spiro atoms. The second-order valence-electron chi connectivity index (χ2n) is 8.55. The van der Waals surface area contributed by atoms with Crippen LogP contribution < -0.4 is 28.1 Å². The molecule has 3 heterocycles. The van der Waals surface area contributed by atoms with Crippen molar-refractivity contribution in [1.29, 1.82) is 0 Å². The van der Waals surface area contributed by atoms with Gasteiger partial charge in [0.2, 0.25) is 5.52 Å². The Morgan fingerprint density at radius 3 is 2.18 bits per heavy atom. The number of hydrogen-bond donors (Lipinski definition) is 0. The number of aromatic nitrogens is 1. The molecule has 178 valence electrons. The van der Waals surface area contributed by atoms with Crippen LogP contribution >= 0.6 is 0 Å². The zero-order chi connectivity index (χ0) is 24.1. The van der Waals surface area contributed by atoms with Crippen molar-refractivity contribution in [2.24, 2.45) is 0 Å². The summed E-state index contributed by atoms with van der Waals surface area (Å²) in [6.45, 7) is 5.65. The summed E-state index contributed by atoms with van der Waals surface area (Å²) in [5.74, 6) is 0. The van der Waals surface area contributed by atoms with Gasteiger partial charge >= 0.3 is 0 Å². The molecule has 0 saturated carbocycles. The normalized spacial score (nSPS) is 15.5. The van der Waals surface area contributed by atoms with Crippen LogP contribution in [0.2, 0.25) is 0 Å². The summed E-state index contributed by atoms with van der Waals surface area (Å²) in [6, 6.07) is 15.7. The Labute approximate surface area is 202 Å². The van der Waals surface area contributed by atoms with Gasteiger partial charge in [-0.1, -0.05) is 36.4 Å². The van der Waals surface area contributed by atoms with E-state index in [0.717, 1.165) is 6.54 Å². The van der Waals surface area contributed by atoms with Crippen LogP contribution in [0.1, 0.15) is 42.0 Å². The molecule has 0 bridgehead atoms. The highest BCUT2D eigenvalue weighted by Crippen LogP contribution is 2.36. The molecular formula is C27H29ClN2O4. The van der Waals surface area contributed by atoms with Crippen LogP contribution in [0.5, 0.6) is 0 Å². The minimum atomic E-state index is -4.94. The fourth-order valence-electron chi connectivity index (χ4n) is 4.98. The number of fused-ring (bicyclic) bond motifs is 1. The molecule has 1 aromatic heterocycles. The zero-order valence-electron chi connectivity index (χ0n) is 19.3. The molecular weight excluding hydrogens is 452 g/mol. The Bertz CT molecular complexity index is 1180. The first-order chi connectivity index (χ1) is 16.3. The number of nitrogens with zero attached hydrogens (tertiary/aromatic N) is 2. The predicted molar refractivity (Wildman–Crippen MR) is 123 cm³/mol. The standard InChI is InChI=1S/C27H29N2.ClHO4/c1-2-28-18-15-22(25-13-5-6-14-26(25)28)10-4-3-9-21-19-23-11-7-16-29-17-8-12-24(20-21)27(23)29;2-1(3,4)5/h3-6,9-10,13-15,18-20H,2,7-8,11-12,16-17H2,1H3;(H,2,3,4,5)/q+1;/p-1. The van der Waals surface area contributed by atoms with Crippen molar-refractivity contribution in [3.05, 3.63) is 83.1 Å². The summed E-state index contributed by atoms with van der Waals surface area (Å²) < 4.78 is 36.3. The summed E-state index contributed by atoms with van der Waals surface area (Å²) in [6.07, 6.45) is 16.1. The van der Waals surface area contributed by atoms with Crippen molar-refractivity contribution in [2.75, 3.05) is 18.0 Å². The molecule has 2 aromatic carbocycles. The molecule has 2 aliphatic heterocycles. The van der Waals surface area contributed by atoms with Crippen LogP contribution in [0.3, 0.4) is 0 Å². The second-order valence-corrected chi connectivity index (χ2v) is 9.31. The molecule has 0 amide bonds. The zero-order valence-corrected chi connectivity index (χ0v) is 20.0. The molecule has 6 nitrogen and oxygen atoms in total. The molecule has 2 aliphatic rings. The lowest BCUT2D eigenvalue weighted by Crippen LogP contribution is -2.68. The van der Waals surface area contributed by atoms with E-state index >= 15 is 0 Å². The minimum Gasteiger partial charge on any atom is -0.371 e. The lowest BCUT2D eigenvalue weighted by Gasteiger charge is -2.37. The highest BCUT2D eigenvalue weighted by Gasteiger charge is 2.23. The topological polar surface area (TPSA) is 99.4 Å². The molecule has 34 heavy (non-hydrogen) atoms. The number of halogens is 1. The largest absolute Gasteiger partial charge is 0.371 e. The van der Waals surface area contributed by atoms with Crippen molar-refractivity contribution >= 4 is 28.7 Å². The molecule has 0 aliphatic carbocycles. The lowest BCUT2D eigenvalue weighted by atomic mass is 9.90. The average Bonchev–Trinajstić information content (AvgIpc) is 2.81. The van der Waals surface area contributed by atoms with E-state index in [-0.39, 0.29) is 0 Å². The van der Waals surface area contributed by atoms with Crippen LogP contribution in [-0.2, 0) is 19.4 Å². The lowest BCUT2D eigenvalue weighted by molar-refractivity contribution is -2.00. The summed E-state index contributed by atoms with van der Waals surface area (Å²) in [5, 5.41) is 1.31. The van der Waals surface area contributed by atoms with Gasteiger partial charge in [-0.05, 0) is 73.1 Å². The van der Waals surface area contributed by atoms with E-state index in [0.29, 0.717) is 0 Å². The van der Waals surface area contributed by atoms with E-state index in [1.807, 2.05) is 0 Å². The van der Waals surface area contributed by atoms with E-state index < -0.39 is 10.2 Å². The maximum Gasteiger partial charge on any atom is 0.213 e. The SMILES string of the molecule is CC[n+]1ccc(C=CC=Cc2cc3c4c(c2)CCCN4CCC3)c2ccccc21.[O-][Cl+3]([O-])([O-])[O-]. The van der Waals surface area contributed by atoms with Crippen LogP contribution in [0.15, 0.2) is 60.8 Å². The molecule has 0 radical (unpaired) electrons. The minimum absolute atomic E-state index is 0.989. The van der Waals surface area contributed by atoms with Crippen LogP contribution in [0, 0.1) is 10.2 Å². The summed E-state index contributed by atoms with van der Waals surface area (Å²) in [7, 11) is -4.94. The second kappa shape index (κ2) is 10.7. The molecule has 3 aromatic rings. The maximum atomic E-state index is 8.49. The number of para-hydroxylation sites is 1. The highest BCUT2D eigenvalue weighted by atomic mass is 35.7. The maximum absolute atomic E-state index is 8.49. The van der Waals surface area contributed by atoms with Crippen LogP contribution in [-0.4, -0.2) is 13.1 Å². The molecule has 0 N–H and O–H groups in total. The van der Waals surface area contributed by atoms with Crippen LogP contribution in [0.4, 0.5) is 5.69 Å². The van der Waals surface area contributed by atoms with E-state index in [1.165, 1.54) is 60.8 Å². The van der Waals surface area contributed by atoms with Gasteiger partial charge in [-0.25, -0.2) is 18.6 Å².